The van der Waals surface area contributed by atoms with Gasteiger partial charge in [-0.1, -0.05) is 30.6 Å². The molecule has 0 saturated carbocycles. The molecule has 1 aromatic heterocycles. The van der Waals surface area contributed by atoms with Crippen LogP contribution in [0.25, 0.3) is 0 Å². The highest BCUT2D eigenvalue weighted by Gasteiger charge is 2.14. The normalized spacial score (nSPS) is 14.1. The van der Waals surface area contributed by atoms with E-state index >= 15 is 0 Å². The minimum atomic E-state index is -0.250. The van der Waals surface area contributed by atoms with Crippen LogP contribution in [-0.4, -0.2) is 16.2 Å². The second-order valence-electron chi connectivity index (χ2n) is 5.66. The van der Waals surface area contributed by atoms with Crippen molar-refractivity contribution >= 4 is 0 Å². The SMILES string of the molecule is CC(N)CCCC(C)c1nc(Cc2cccc(F)c2)no1. The molecule has 2 atom stereocenters. The summed E-state index contributed by atoms with van der Waals surface area (Å²) in [6, 6.07) is 6.67. The Labute approximate surface area is 124 Å². The molecular formula is C16H22FN3O. The third-order valence-corrected chi connectivity index (χ3v) is 3.45. The summed E-state index contributed by atoms with van der Waals surface area (Å²) in [5.74, 6) is 1.21. The van der Waals surface area contributed by atoms with Crippen molar-refractivity contribution in [1.82, 2.24) is 10.1 Å². The van der Waals surface area contributed by atoms with Crippen LogP contribution in [0.5, 0.6) is 0 Å². The van der Waals surface area contributed by atoms with E-state index in [0.29, 0.717) is 18.1 Å². The third kappa shape index (κ3) is 4.93. The quantitative estimate of drug-likeness (QED) is 0.849. The van der Waals surface area contributed by atoms with Crippen molar-refractivity contribution in [2.45, 2.75) is 51.5 Å². The maximum Gasteiger partial charge on any atom is 0.229 e. The van der Waals surface area contributed by atoms with Gasteiger partial charge in [0, 0.05) is 18.4 Å². The molecule has 0 saturated heterocycles. The smallest absolute Gasteiger partial charge is 0.229 e. The van der Waals surface area contributed by atoms with Crippen LogP contribution in [0.4, 0.5) is 4.39 Å². The standard InChI is InChI=1S/C16H22FN3O/c1-11(5-3-6-12(2)18)16-19-15(20-21-16)10-13-7-4-8-14(17)9-13/h4,7-9,11-12H,3,5-6,10,18H2,1-2H3. The molecule has 2 aromatic rings. The summed E-state index contributed by atoms with van der Waals surface area (Å²) in [4.78, 5) is 4.40. The Bertz CT molecular complexity index is 568. The summed E-state index contributed by atoms with van der Waals surface area (Å²) < 4.78 is 18.4. The lowest BCUT2D eigenvalue weighted by Crippen LogP contribution is -2.14. The highest BCUT2D eigenvalue weighted by molar-refractivity contribution is 5.19. The minimum Gasteiger partial charge on any atom is -0.339 e. The molecule has 2 unspecified atom stereocenters. The monoisotopic (exact) mass is 291 g/mol. The Hall–Kier alpha value is -1.75. The second kappa shape index (κ2) is 7.31. The lowest BCUT2D eigenvalue weighted by atomic mass is 10.0. The van der Waals surface area contributed by atoms with E-state index in [0.717, 1.165) is 24.8 Å². The fourth-order valence-electron chi connectivity index (χ4n) is 2.24. The van der Waals surface area contributed by atoms with Gasteiger partial charge < -0.3 is 10.3 Å². The number of hydrogen-bond donors (Lipinski definition) is 1. The van der Waals surface area contributed by atoms with Crippen LogP contribution in [0.3, 0.4) is 0 Å². The Balaban J connectivity index is 1.91. The molecule has 1 aromatic carbocycles. The molecule has 0 aliphatic rings. The molecule has 114 valence electrons. The zero-order valence-corrected chi connectivity index (χ0v) is 12.6. The van der Waals surface area contributed by atoms with Crippen molar-refractivity contribution in [3.8, 4) is 0 Å². The lowest BCUT2D eigenvalue weighted by molar-refractivity contribution is 0.346. The third-order valence-electron chi connectivity index (χ3n) is 3.45. The van der Waals surface area contributed by atoms with Gasteiger partial charge in [-0.05, 0) is 37.5 Å². The van der Waals surface area contributed by atoms with E-state index in [4.69, 9.17) is 10.3 Å². The van der Waals surface area contributed by atoms with E-state index in [1.165, 1.54) is 12.1 Å². The van der Waals surface area contributed by atoms with Crippen molar-refractivity contribution in [3.63, 3.8) is 0 Å². The van der Waals surface area contributed by atoms with Crippen molar-refractivity contribution in [2.24, 2.45) is 5.73 Å². The lowest BCUT2D eigenvalue weighted by Gasteiger charge is -2.07. The summed E-state index contributed by atoms with van der Waals surface area (Å²) in [5, 5.41) is 3.97. The first-order chi connectivity index (χ1) is 10.0. The van der Waals surface area contributed by atoms with Gasteiger partial charge in [-0.3, -0.25) is 0 Å². The molecule has 0 spiro atoms. The predicted molar refractivity (Wildman–Crippen MR) is 79.4 cm³/mol. The minimum absolute atomic E-state index is 0.220. The zero-order chi connectivity index (χ0) is 15.2. The van der Waals surface area contributed by atoms with Gasteiger partial charge in [0.1, 0.15) is 5.82 Å². The van der Waals surface area contributed by atoms with Gasteiger partial charge in [-0.2, -0.15) is 4.98 Å². The van der Waals surface area contributed by atoms with Crippen LogP contribution >= 0.6 is 0 Å². The fourth-order valence-corrected chi connectivity index (χ4v) is 2.24. The fraction of sp³-hybridized carbons (Fsp3) is 0.500. The average Bonchev–Trinajstić information content (AvgIpc) is 2.87. The van der Waals surface area contributed by atoms with Crippen LogP contribution in [0.1, 0.15) is 56.3 Å². The van der Waals surface area contributed by atoms with Crippen molar-refractivity contribution in [3.05, 3.63) is 47.4 Å². The Morgan fingerprint density at radius 1 is 1.29 bits per heavy atom. The number of benzene rings is 1. The molecule has 2 rings (SSSR count). The molecule has 21 heavy (non-hydrogen) atoms. The maximum atomic E-state index is 13.1. The van der Waals surface area contributed by atoms with E-state index < -0.39 is 0 Å². The van der Waals surface area contributed by atoms with E-state index in [-0.39, 0.29) is 17.8 Å². The number of hydrogen-bond acceptors (Lipinski definition) is 4. The van der Waals surface area contributed by atoms with Crippen molar-refractivity contribution in [1.29, 1.82) is 0 Å². The largest absolute Gasteiger partial charge is 0.339 e. The summed E-state index contributed by atoms with van der Waals surface area (Å²) in [6.45, 7) is 4.08. The number of halogens is 1. The maximum absolute atomic E-state index is 13.1. The van der Waals surface area contributed by atoms with Gasteiger partial charge in [0.15, 0.2) is 5.82 Å². The Kier molecular flexibility index (Phi) is 5.44. The van der Waals surface area contributed by atoms with Crippen molar-refractivity contribution < 1.29 is 8.91 Å². The topological polar surface area (TPSA) is 64.9 Å². The molecule has 0 aliphatic heterocycles. The molecule has 0 fully saturated rings. The first kappa shape index (κ1) is 15.6. The van der Waals surface area contributed by atoms with Crippen molar-refractivity contribution in [2.75, 3.05) is 0 Å². The molecule has 0 radical (unpaired) electrons. The van der Waals surface area contributed by atoms with Gasteiger partial charge in [0.25, 0.3) is 0 Å². The van der Waals surface area contributed by atoms with E-state index in [1.807, 2.05) is 13.0 Å². The molecular weight excluding hydrogens is 269 g/mol. The van der Waals surface area contributed by atoms with E-state index in [9.17, 15) is 4.39 Å². The molecule has 2 N–H and O–H groups in total. The number of nitrogens with zero attached hydrogens (tertiary/aromatic N) is 2. The van der Waals surface area contributed by atoms with Gasteiger partial charge in [-0.25, -0.2) is 4.39 Å². The molecule has 1 heterocycles. The van der Waals surface area contributed by atoms with Crippen LogP contribution in [0.2, 0.25) is 0 Å². The number of nitrogens with two attached hydrogens (primary N) is 1. The van der Waals surface area contributed by atoms with E-state index in [1.54, 1.807) is 6.07 Å². The van der Waals surface area contributed by atoms with Crippen LogP contribution in [-0.2, 0) is 6.42 Å². The molecule has 5 heteroatoms. The first-order valence-corrected chi connectivity index (χ1v) is 7.37. The van der Waals surface area contributed by atoms with Gasteiger partial charge in [0.05, 0.1) is 0 Å². The molecule has 4 nitrogen and oxygen atoms in total. The Morgan fingerprint density at radius 3 is 2.81 bits per heavy atom. The average molecular weight is 291 g/mol. The van der Waals surface area contributed by atoms with Gasteiger partial charge in [-0.15, -0.1) is 0 Å². The molecule has 0 amide bonds. The summed E-state index contributed by atoms with van der Waals surface area (Å²) in [5.41, 5.74) is 6.58. The van der Waals surface area contributed by atoms with Crippen LogP contribution < -0.4 is 5.73 Å². The highest BCUT2D eigenvalue weighted by atomic mass is 19.1. The predicted octanol–water partition coefficient (Wildman–Crippen LogP) is 3.42. The highest BCUT2D eigenvalue weighted by Crippen LogP contribution is 2.20. The van der Waals surface area contributed by atoms with Crippen LogP contribution in [0.15, 0.2) is 28.8 Å². The van der Waals surface area contributed by atoms with Gasteiger partial charge >= 0.3 is 0 Å². The van der Waals surface area contributed by atoms with E-state index in [2.05, 4.69) is 17.1 Å². The number of aromatic nitrogens is 2. The summed E-state index contributed by atoms with van der Waals surface area (Å²) in [6.07, 6.45) is 3.49. The molecule has 0 aliphatic carbocycles. The first-order valence-electron chi connectivity index (χ1n) is 7.37. The Morgan fingerprint density at radius 2 is 2.10 bits per heavy atom. The zero-order valence-electron chi connectivity index (χ0n) is 12.6. The second-order valence-corrected chi connectivity index (χ2v) is 5.66. The summed E-state index contributed by atoms with van der Waals surface area (Å²) in [7, 11) is 0. The molecule has 0 bridgehead atoms. The van der Waals surface area contributed by atoms with Gasteiger partial charge in [0.2, 0.25) is 5.89 Å². The summed E-state index contributed by atoms with van der Waals surface area (Å²) >= 11 is 0. The number of rotatable bonds is 7. The van der Waals surface area contributed by atoms with Crippen LogP contribution in [0, 0.1) is 5.82 Å².